The average molecular weight is 467 g/mol. The minimum absolute atomic E-state index is 0.0497. The van der Waals surface area contributed by atoms with Gasteiger partial charge in [0.15, 0.2) is 5.78 Å². The Balaban J connectivity index is 1.15. The summed E-state index contributed by atoms with van der Waals surface area (Å²) in [5.74, 6) is 0.190. The van der Waals surface area contributed by atoms with Crippen LogP contribution in [0.15, 0.2) is 60.7 Å². The molecule has 0 radical (unpaired) electrons. The largest absolute Gasteiger partial charge is 0.448 e. The number of carbonyl (C=O) groups is 2. The first-order valence-electron chi connectivity index (χ1n) is 12.6. The Bertz CT molecular complexity index is 1240. The van der Waals surface area contributed by atoms with E-state index in [1.54, 1.807) is 0 Å². The maximum absolute atomic E-state index is 13.3. The minimum atomic E-state index is -0.235. The molecular formula is C30H30N2O3. The average Bonchev–Trinajstić information content (AvgIpc) is 3.32. The van der Waals surface area contributed by atoms with Gasteiger partial charge in [0.2, 0.25) is 0 Å². The van der Waals surface area contributed by atoms with E-state index in [0.29, 0.717) is 19.4 Å². The first-order chi connectivity index (χ1) is 17.0. The number of aryl methyl sites for hydroxylation is 2. The molecule has 2 atom stereocenters. The van der Waals surface area contributed by atoms with Crippen LogP contribution in [-0.2, 0) is 4.74 Å². The molecule has 2 unspecified atom stereocenters. The number of carbonyl (C=O) groups excluding carboxylic acids is 2. The third kappa shape index (κ3) is 3.83. The third-order valence-electron chi connectivity index (χ3n) is 8.02. The SMILES string of the molecule is Cc1cc(C(=O)C2CC3CCC(C2)N3C(=O)OCC2c3ccccc3-c3ccccc32)cc(C)n1. The molecule has 5 nitrogen and oxygen atoms in total. The zero-order valence-corrected chi connectivity index (χ0v) is 20.2. The van der Waals surface area contributed by atoms with Crippen molar-refractivity contribution in [3.63, 3.8) is 0 Å². The quantitative estimate of drug-likeness (QED) is 0.438. The number of rotatable bonds is 4. The number of nitrogens with zero attached hydrogens (tertiary/aromatic N) is 2. The fourth-order valence-electron chi connectivity index (χ4n) is 6.57. The van der Waals surface area contributed by atoms with Crippen LogP contribution in [0.5, 0.6) is 0 Å². The Hall–Kier alpha value is -3.47. The zero-order chi connectivity index (χ0) is 24.1. The molecule has 35 heavy (non-hydrogen) atoms. The minimum Gasteiger partial charge on any atom is -0.448 e. The van der Waals surface area contributed by atoms with Gasteiger partial charge in [-0.2, -0.15) is 0 Å². The molecular weight excluding hydrogens is 436 g/mol. The highest BCUT2D eigenvalue weighted by molar-refractivity contribution is 5.98. The molecule has 5 heteroatoms. The highest BCUT2D eigenvalue weighted by Crippen LogP contribution is 2.45. The smallest absolute Gasteiger partial charge is 0.410 e. The molecule has 2 bridgehead atoms. The molecule has 1 aliphatic carbocycles. The molecule has 1 aromatic heterocycles. The van der Waals surface area contributed by atoms with Crippen LogP contribution in [0.2, 0.25) is 0 Å². The number of benzene rings is 2. The molecule has 2 aliphatic heterocycles. The normalized spacial score (nSPS) is 22.6. The predicted octanol–water partition coefficient (Wildman–Crippen LogP) is 6.07. The molecule has 0 spiro atoms. The van der Waals surface area contributed by atoms with Crippen molar-refractivity contribution in [2.75, 3.05) is 6.61 Å². The summed E-state index contributed by atoms with van der Waals surface area (Å²) in [5.41, 5.74) is 7.37. The van der Waals surface area contributed by atoms with E-state index in [4.69, 9.17) is 4.74 Å². The molecule has 0 saturated carbocycles. The van der Waals surface area contributed by atoms with Crippen molar-refractivity contribution in [1.29, 1.82) is 0 Å². The van der Waals surface area contributed by atoms with Gasteiger partial charge in [0.05, 0.1) is 0 Å². The summed E-state index contributed by atoms with van der Waals surface area (Å²) in [6.45, 7) is 4.18. The van der Waals surface area contributed by atoms with E-state index in [0.717, 1.165) is 29.8 Å². The second-order valence-corrected chi connectivity index (χ2v) is 10.3. The van der Waals surface area contributed by atoms with Gasteiger partial charge in [0.25, 0.3) is 0 Å². The lowest BCUT2D eigenvalue weighted by Crippen LogP contribution is -2.48. The van der Waals surface area contributed by atoms with E-state index in [2.05, 4.69) is 41.4 Å². The first-order valence-corrected chi connectivity index (χ1v) is 12.6. The summed E-state index contributed by atoms with van der Waals surface area (Å²) in [7, 11) is 0. The van der Waals surface area contributed by atoms with Crippen molar-refractivity contribution in [1.82, 2.24) is 9.88 Å². The fourth-order valence-corrected chi connectivity index (χ4v) is 6.57. The lowest BCUT2D eigenvalue weighted by atomic mass is 9.85. The number of hydrogen-bond donors (Lipinski definition) is 0. The van der Waals surface area contributed by atoms with Gasteiger partial charge in [-0.15, -0.1) is 0 Å². The zero-order valence-electron chi connectivity index (χ0n) is 20.2. The molecule has 2 aromatic carbocycles. The summed E-state index contributed by atoms with van der Waals surface area (Å²) >= 11 is 0. The molecule has 0 N–H and O–H groups in total. The van der Waals surface area contributed by atoms with Crippen LogP contribution in [0.1, 0.15) is 64.5 Å². The lowest BCUT2D eigenvalue weighted by molar-refractivity contribution is 0.0506. The van der Waals surface area contributed by atoms with Crippen LogP contribution in [0, 0.1) is 19.8 Å². The highest BCUT2D eigenvalue weighted by Gasteiger charge is 2.46. The molecule has 3 aliphatic rings. The topological polar surface area (TPSA) is 59.5 Å². The second kappa shape index (κ2) is 8.63. The van der Waals surface area contributed by atoms with Gasteiger partial charge in [-0.25, -0.2) is 4.79 Å². The van der Waals surface area contributed by atoms with Crippen molar-refractivity contribution in [2.24, 2.45) is 5.92 Å². The Morgan fingerprint density at radius 1 is 0.886 bits per heavy atom. The lowest BCUT2D eigenvalue weighted by Gasteiger charge is -2.37. The van der Waals surface area contributed by atoms with Crippen LogP contribution < -0.4 is 0 Å². The van der Waals surface area contributed by atoms with Crippen LogP contribution in [0.25, 0.3) is 11.1 Å². The van der Waals surface area contributed by atoms with Crippen LogP contribution in [-0.4, -0.2) is 40.5 Å². The number of piperidine rings is 1. The molecule has 2 fully saturated rings. The Morgan fingerprint density at radius 2 is 1.43 bits per heavy atom. The molecule has 1 amide bonds. The second-order valence-electron chi connectivity index (χ2n) is 10.3. The van der Waals surface area contributed by atoms with E-state index in [1.807, 2.05) is 43.0 Å². The molecule has 178 valence electrons. The van der Waals surface area contributed by atoms with Gasteiger partial charge in [-0.3, -0.25) is 9.78 Å². The number of Topliss-reactive ketones (excluding diaryl/α,β-unsaturated/α-hetero) is 1. The monoisotopic (exact) mass is 466 g/mol. The summed E-state index contributed by atoms with van der Waals surface area (Å²) in [6, 6.07) is 20.7. The molecule has 6 rings (SSSR count). The van der Waals surface area contributed by atoms with Crippen molar-refractivity contribution < 1.29 is 14.3 Å². The Labute approximate surface area is 206 Å². The van der Waals surface area contributed by atoms with E-state index in [1.165, 1.54) is 22.3 Å². The number of fused-ring (bicyclic) bond motifs is 5. The summed E-state index contributed by atoms with van der Waals surface area (Å²) < 4.78 is 5.97. The molecule has 2 saturated heterocycles. The Kier molecular flexibility index (Phi) is 5.43. The molecule has 3 aromatic rings. The first kappa shape index (κ1) is 22.0. The van der Waals surface area contributed by atoms with Gasteiger partial charge < -0.3 is 9.64 Å². The van der Waals surface area contributed by atoms with Crippen LogP contribution in [0.4, 0.5) is 4.79 Å². The number of pyridine rings is 1. The standard InChI is InChI=1S/C30H30N2O3/c1-18-13-20(14-19(2)31-18)29(33)21-15-22-11-12-23(16-21)32(22)30(34)35-17-28-26-9-5-3-7-24(26)25-8-4-6-10-27(25)28/h3-10,13-14,21-23,28H,11-12,15-17H2,1-2H3. The molecule has 3 heterocycles. The summed E-state index contributed by atoms with van der Waals surface area (Å²) in [4.78, 5) is 32.9. The highest BCUT2D eigenvalue weighted by atomic mass is 16.6. The van der Waals surface area contributed by atoms with E-state index < -0.39 is 0 Å². The van der Waals surface area contributed by atoms with Gasteiger partial charge in [-0.05, 0) is 73.9 Å². The number of ether oxygens (including phenoxy) is 1. The number of amides is 1. The fraction of sp³-hybridized carbons (Fsp3) is 0.367. The van der Waals surface area contributed by atoms with E-state index >= 15 is 0 Å². The predicted molar refractivity (Wildman–Crippen MR) is 134 cm³/mol. The number of aromatic nitrogens is 1. The van der Waals surface area contributed by atoms with Crippen LogP contribution in [0.3, 0.4) is 0 Å². The Morgan fingerprint density at radius 3 is 2.00 bits per heavy atom. The summed E-state index contributed by atoms with van der Waals surface area (Å²) in [5, 5.41) is 0. The maximum Gasteiger partial charge on any atom is 0.410 e. The van der Waals surface area contributed by atoms with Crippen molar-refractivity contribution in [3.05, 3.63) is 88.7 Å². The van der Waals surface area contributed by atoms with Gasteiger partial charge in [0.1, 0.15) is 6.61 Å². The van der Waals surface area contributed by atoms with E-state index in [9.17, 15) is 9.59 Å². The van der Waals surface area contributed by atoms with Gasteiger partial charge in [-0.1, -0.05) is 48.5 Å². The van der Waals surface area contributed by atoms with Crippen molar-refractivity contribution in [2.45, 2.75) is 57.5 Å². The van der Waals surface area contributed by atoms with Gasteiger partial charge >= 0.3 is 6.09 Å². The number of ketones is 1. The number of hydrogen-bond acceptors (Lipinski definition) is 4. The van der Waals surface area contributed by atoms with E-state index in [-0.39, 0.29) is 35.8 Å². The van der Waals surface area contributed by atoms with Crippen LogP contribution >= 0.6 is 0 Å². The van der Waals surface area contributed by atoms with Gasteiger partial charge in [0, 0.05) is 40.9 Å². The third-order valence-corrected chi connectivity index (χ3v) is 8.02. The summed E-state index contributed by atoms with van der Waals surface area (Å²) in [6.07, 6.45) is 3.06. The van der Waals surface area contributed by atoms with Crippen molar-refractivity contribution in [3.8, 4) is 11.1 Å². The maximum atomic E-state index is 13.3. The van der Waals surface area contributed by atoms with Crippen molar-refractivity contribution >= 4 is 11.9 Å².